The first kappa shape index (κ1) is 39.0. The molecule has 0 fully saturated rings. The first-order valence-electron chi connectivity index (χ1n) is 18.5. The van der Waals surface area contributed by atoms with Crippen molar-refractivity contribution in [1.82, 2.24) is 19.5 Å². The van der Waals surface area contributed by atoms with Gasteiger partial charge in [-0.05, 0) is 64.6 Å². The molecule has 9 rings (SSSR count). The van der Waals surface area contributed by atoms with E-state index >= 15 is 0 Å². The normalized spacial score (nSPS) is 11.7. The van der Waals surface area contributed by atoms with Crippen molar-refractivity contribution in [2.75, 3.05) is 0 Å². The summed E-state index contributed by atoms with van der Waals surface area (Å²) in [6, 6.07) is 48.0. The molecule has 0 aliphatic heterocycles. The predicted molar refractivity (Wildman–Crippen MR) is 226 cm³/mol. The van der Waals surface area contributed by atoms with Gasteiger partial charge in [-0.2, -0.15) is 0 Å². The third kappa shape index (κ3) is 7.77. The van der Waals surface area contributed by atoms with E-state index in [0.717, 1.165) is 61.3 Å². The molecule has 0 atom stereocenters. The number of hydrogen-bond donors (Lipinski definition) is 0. The van der Waals surface area contributed by atoms with Gasteiger partial charge in [-0.25, -0.2) is 9.37 Å². The molecule has 0 saturated carbocycles. The molecular weight excluding hydrogens is 932 g/mol. The number of para-hydroxylation sites is 2. The van der Waals surface area contributed by atoms with E-state index in [0.29, 0.717) is 11.3 Å². The van der Waals surface area contributed by atoms with Gasteiger partial charge in [0.1, 0.15) is 5.82 Å². The van der Waals surface area contributed by atoms with Crippen LogP contribution < -0.4 is 4.40 Å². The molecule has 0 bridgehead atoms. The van der Waals surface area contributed by atoms with Gasteiger partial charge >= 0.3 is 99.8 Å². The zero-order valence-electron chi connectivity index (χ0n) is 32.2. The number of aromatic nitrogens is 4. The Bertz CT molecular complexity index is 2760. The molecular formula is C48H41FGeIrN4O-2. The molecule has 0 aliphatic carbocycles. The van der Waals surface area contributed by atoms with Crippen molar-refractivity contribution in [3.8, 4) is 39.5 Å². The quantitative estimate of drug-likeness (QED) is 0.127. The fraction of sp³-hybridized carbons (Fsp3) is 0.146. The summed E-state index contributed by atoms with van der Waals surface area (Å²) >= 11 is -1.72. The van der Waals surface area contributed by atoms with Crippen LogP contribution in [0.3, 0.4) is 0 Å². The number of nitrogens with zero attached hydrogens (tertiary/aromatic N) is 4. The molecule has 8 heteroatoms. The van der Waals surface area contributed by atoms with Gasteiger partial charge in [0.15, 0.2) is 0 Å². The summed E-state index contributed by atoms with van der Waals surface area (Å²) in [6.07, 6.45) is 3.76. The average molecular weight is 974 g/mol. The summed E-state index contributed by atoms with van der Waals surface area (Å²) in [7, 11) is 0. The number of halogens is 1. The minimum atomic E-state index is -1.72. The number of pyridine rings is 2. The Hall–Kier alpha value is -5.21. The van der Waals surface area contributed by atoms with E-state index in [1.54, 1.807) is 18.3 Å². The van der Waals surface area contributed by atoms with Crippen molar-refractivity contribution in [1.29, 1.82) is 0 Å². The zero-order valence-corrected chi connectivity index (χ0v) is 36.7. The fourth-order valence-electron chi connectivity index (χ4n) is 6.82. The van der Waals surface area contributed by atoms with Crippen molar-refractivity contribution >= 4 is 50.8 Å². The second-order valence-electron chi connectivity index (χ2n) is 15.8. The number of rotatable bonds is 5. The number of imidazole rings is 1. The van der Waals surface area contributed by atoms with Crippen molar-refractivity contribution in [2.45, 2.75) is 43.5 Å². The smallest absolute Gasteiger partial charge is 0 e. The van der Waals surface area contributed by atoms with Crippen LogP contribution in [0.25, 0.3) is 72.6 Å². The molecule has 5 nitrogen and oxygen atoms in total. The van der Waals surface area contributed by atoms with Crippen LogP contribution >= 0.6 is 0 Å². The second kappa shape index (κ2) is 15.7. The molecule has 5 aromatic carbocycles. The van der Waals surface area contributed by atoms with Gasteiger partial charge in [0.2, 0.25) is 5.71 Å². The molecule has 4 heterocycles. The second-order valence-corrected chi connectivity index (χ2v) is 26.4. The average Bonchev–Trinajstić information content (AvgIpc) is 3.77. The van der Waals surface area contributed by atoms with Gasteiger partial charge in [-0.3, -0.25) is 4.98 Å². The minimum absolute atomic E-state index is 0. The van der Waals surface area contributed by atoms with Crippen LogP contribution in [0.1, 0.15) is 26.3 Å². The summed E-state index contributed by atoms with van der Waals surface area (Å²) in [5.41, 5.74) is 10.1. The van der Waals surface area contributed by atoms with Gasteiger partial charge < -0.3 is 8.98 Å². The minimum Gasteiger partial charge on any atom is 0 e. The van der Waals surface area contributed by atoms with Crippen LogP contribution in [0, 0.1) is 17.9 Å². The van der Waals surface area contributed by atoms with E-state index < -0.39 is 13.3 Å². The molecule has 1 radical (unpaired) electrons. The Morgan fingerprint density at radius 1 is 0.750 bits per heavy atom. The number of furan rings is 1. The summed E-state index contributed by atoms with van der Waals surface area (Å²) in [5.74, 6) is 7.61. The monoisotopic (exact) mass is 975 g/mol. The molecule has 4 aromatic heterocycles. The van der Waals surface area contributed by atoms with Gasteiger partial charge in [-0.1, -0.05) is 68.1 Å². The van der Waals surface area contributed by atoms with E-state index in [9.17, 15) is 4.39 Å². The summed E-state index contributed by atoms with van der Waals surface area (Å²) < 4.78 is 23.7. The zero-order chi connectivity index (χ0) is 38.3. The Kier molecular flexibility index (Phi) is 11.0. The van der Waals surface area contributed by atoms with Crippen LogP contribution in [0.2, 0.25) is 17.3 Å². The van der Waals surface area contributed by atoms with Crippen molar-refractivity contribution < 1.29 is 28.9 Å². The topological polar surface area (TPSA) is 56.7 Å². The largest absolute Gasteiger partial charge is 0 e. The van der Waals surface area contributed by atoms with Crippen LogP contribution in [0.4, 0.5) is 4.39 Å². The Morgan fingerprint density at radius 3 is 2.18 bits per heavy atom. The van der Waals surface area contributed by atoms with Gasteiger partial charge in [0.05, 0.1) is 22.4 Å². The Balaban J connectivity index is 0.000000238. The molecule has 0 spiro atoms. The maximum atomic E-state index is 13.7. The third-order valence-corrected chi connectivity index (χ3v) is 14.1. The number of benzene rings is 5. The van der Waals surface area contributed by atoms with Gasteiger partial charge in [-0.15, -0.1) is 18.2 Å². The molecule has 0 amide bonds. The van der Waals surface area contributed by atoms with Crippen LogP contribution in [-0.4, -0.2) is 32.8 Å². The fourth-order valence-corrected chi connectivity index (χ4v) is 8.99. The van der Waals surface area contributed by atoms with Crippen molar-refractivity contribution in [3.63, 3.8) is 0 Å². The first-order chi connectivity index (χ1) is 26.5. The number of hydrogen-bond acceptors (Lipinski definition) is 4. The Labute approximate surface area is 343 Å². The maximum absolute atomic E-state index is 13.7. The SMILES string of the molecule is CC(C)(C)c1ccc(-n2c(-c3[c-]ccc4c3oc3nccc(-c5ccc(F)cc5)c34)nc3ccccc32)cc1.[CH3][Ge]([CH3])([CH3])[c]1ccc(-c2[c-]cccc2)nc1.[Ir]. The van der Waals surface area contributed by atoms with Gasteiger partial charge in [0, 0.05) is 37.4 Å². The van der Waals surface area contributed by atoms with E-state index in [4.69, 9.17) is 9.40 Å². The first-order valence-corrected chi connectivity index (χ1v) is 25.8. The molecule has 9 aromatic rings. The summed E-state index contributed by atoms with van der Waals surface area (Å²) in [4.78, 5) is 14.1. The van der Waals surface area contributed by atoms with Crippen LogP contribution in [-0.2, 0) is 25.5 Å². The molecule has 0 aliphatic rings. The van der Waals surface area contributed by atoms with Gasteiger partial charge in [0.25, 0.3) is 0 Å². The predicted octanol–water partition coefficient (Wildman–Crippen LogP) is 12.0. The van der Waals surface area contributed by atoms with Crippen molar-refractivity contribution in [3.05, 3.63) is 163 Å². The van der Waals surface area contributed by atoms with Crippen molar-refractivity contribution in [2.24, 2.45) is 0 Å². The van der Waals surface area contributed by atoms with E-state index in [1.165, 1.54) is 22.1 Å². The molecule has 0 N–H and O–H groups in total. The third-order valence-electron chi connectivity index (χ3n) is 9.88. The number of fused-ring (bicyclic) bond motifs is 4. The molecule has 56 heavy (non-hydrogen) atoms. The molecule has 281 valence electrons. The maximum Gasteiger partial charge on any atom is 0 e. The standard InChI is InChI=1S/C34H25FN3O.C14H16GeN.Ir/c1-34(2,3)22-13-17-24(18-14-22)38-29-10-5-4-9-28(29)37-32(38)27-8-6-7-26-30-25(21-11-15-23(35)16-12-21)19-20-36-33(30)39-31(26)27;1-15(2,3)13-9-10-14(16-11-13)12-7-5-4-6-8-12;/h4-7,9-20H,1-3H3;4-7,9-11H,1-3H3;/q2*-1;. The Morgan fingerprint density at radius 2 is 1.50 bits per heavy atom. The molecule has 0 saturated heterocycles. The van der Waals surface area contributed by atoms with E-state index in [2.05, 4.69) is 107 Å². The molecule has 0 unspecified atom stereocenters. The van der Waals surface area contributed by atoms with E-state index in [1.807, 2.05) is 66.9 Å². The summed E-state index contributed by atoms with van der Waals surface area (Å²) in [5, 5.41) is 1.79. The van der Waals surface area contributed by atoms with Crippen LogP contribution in [0.5, 0.6) is 0 Å². The summed E-state index contributed by atoms with van der Waals surface area (Å²) in [6.45, 7) is 6.64. The van der Waals surface area contributed by atoms with E-state index in [-0.39, 0.29) is 31.3 Å². The van der Waals surface area contributed by atoms with Crippen LogP contribution in [0.15, 0.2) is 144 Å².